The van der Waals surface area contributed by atoms with E-state index < -0.39 is 15.8 Å². The Morgan fingerprint density at radius 3 is 2.25 bits per heavy atom. The normalized spacial score (nSPS) is 11.3. The van der Waals surface area contributed by atoms with Gasteiger partial charge in [-0.1, -0.05) is 24.3 Å². The monoisotopic (exact) mass is 470 g/mol. The van der Waals surface area contributed by atoms with Crippen molar-refractivity contribution in [3.8, 4) is 33.2 Å². The van der Waals surface area contributed by atoms with Crippen molar-refractivity contribution in [3.05, 3.63) is 83.6 Å². The van der Waals surface area contributed by atoms with Gasteiger partial charge in [0.05, 0.1) is 22.6 Å². The van der Waals surface area contributed by atoms with E-state index in [-0.39, 0.29) is 11.5 Å². The third-order valence-corrected chi connectivity index (χ3v) is 6.67. The summed E-state index contributed by atoms with van der Waals surface area (Å²) in [6.07, 6.45) is 0. The van der Waals surface area contributed by atoms with Crippen molar-refractivity contribution in [2.24, 2.45) is 5.14 Å². The highest BCUT2D eigenvalue weighted by molar-refractivity contribution is 7.89. The lowest BCUT2D eigenvalue weighted by molar-refractivity contribution is 0.305. The molecule has 4 rings (SSSR count). The molecule has 1 heterocycles. The van der Waals surface area contributed by atoms with Crippen LogP contribution in [0.4, 0.5) is 4.39 Å². The fourth-order valence-electron chi connectivity index (χ4n) is 3.07. The van der Waals surface area contributed by atoms with Gasteiger partial charge in [-0.05, 0) is 54.1 Å². The number of methoxy groups -OCH3 is 1. The smallest absolute Gasteiger partial charge is 0.238 e. The molecule has 6 nitrogen and oxygen atoms in total. The summed E-state index contributed by atoms with van der Waals surface area (Å²) in [6.45, 7) is 0.188. The van der Waals surface area contributed by atoms with Crippen LogP contribution in [0.1, 0.15) is 5.01 Å². The van der Waals surface area contributed by atoms with Crippen molar-refractivity contribution in [2.45, 2.75) is 11.5 Å². The van der Waals surface area contributed by atoms with Crippen molar-refractivity contribution >= 4 is 21.4 Å². The minimum atomic E-state index is -3.81. The zero-order valence-corrected chi connectivity index (χ0v) is 18.6. The fourth-order valence-corrected chi connectivity index (χ4v) is 4.58. The lowest BCUT2D eigenvalue weighted by atomic mass is 10.1. The van der Waals surface area contributed by atoms with Gasteiger partial charge >= 0.3 is 0 Å². The molecule has 0 saturated heterocycles. The second-order valence-corrected chi connectivity index (χ2v) is 9.44. The van der Waals surface area contributed by atoms with E-state index in [1.54, 1.807) is 61.7 Å². The lowest BCUT2D eigenvalue weighted by Crippen LogP contribution is -2.11. The van der Waals surface area contributed by atoms with Gasteiger partial charge < -0.3 is 9.47 Å². The molecular formula is C23H19FN2O4S2. The SMILES string of the molecule is COc1ccc(OCc2nc(-c3ccccc3F)c(-c3ccc(S(N)(=O)=O)cc3)s2)cc1. The molecule has 1 aromatic heterocycles. The molecular weight excluding hydrogens is 451 g/mol. The number of thiazole rings is 1. The first kappa shape index (κ1) is 21.9. The van der Waals surface area contributed by atoms with E-state index in [9.17, 15) is 12.8 Å². The average Bonchev–Trinajstić information content (AvgIpc) is 3.22. The van der Waals surface area contributed by atoms with E-state index in [0.29, 0.717) is 32.5 Å². The second-order valence-electron chi connectivity index (χ2n) is 6.80. The van der Waals surface area contributed by atoms with E-state index in [1.807, 2.05) is 0 Å². The first-order chi connectivity index (χ1) is 15.3. The molecule has 0 bridgehead atoms. The molecule has 9 heteroatoms. The van der Waals surface area contributed by atoms with E-state index in [4.69, 9.17) is 14.6 Å². The Balaban J connectivity index is 1.69. The molecule has 0 fully saturated rings. The topological polar surface area (TPSA) is 91.5 Å². The van der Waals surface area contributed by atoms with E-state index in [2.05, 4.69) is 4.98 Å². The Kier molecular flexibility index (Phi) is 6.22. The molecule has 4 aromatic rings. The summed E-state index contributed by atoms with van der Waals surface area (Å²) < 4.78 is 48.7. The highest BCUT2D eigenvalue weighted by Gasteiger charge is 2.19. The molecule has 0 spiro atoms. The maximum atomic E-state index is 14.5. The maximum Gasteiger partial charge on any atom is 0.238 e. The summed E-state index contributed by atoms with van der Waals surface area (Å²) >= 11 is 1.35. The van der Waals surface area contributed by atoms with Crippen molar-refractivity contribution in [3.63, 3.8) is 0 Å². The van der Waals surface area contributed by atoms with Crippen LogP contribution in [0, 0.1) is 5.82 Å². The van der Waals surface area contributed by atoms with Crippen LogP contribution in [0.15, 0.2) is 77.7 Å². The fraction of sp³-hybridized carbons (Fsp3) is 0.0870. The highest BCUT2D eigenvalue weighted by atomic mass is 32.2. The van der Waals surface area contributed by atoms with Crippen LogP contribution in [0.25, 0.3) is 21.7 Å². The molecule has 164 valence electrons. The Morgan fingerprint density at radius 1 is 0.969 bits per heavy atom. The summed E-state index contributed by atoms with van der Waals surface area (Å²) in [6, 6.07) is 19.6. The standard InChI is InChI=1S/C23H19FN2O4S2/c1-29-16-8-10-17(11-9-16)30-14-21-26-22(19-4-2-3-5-20(19)24)23(31-21)15-6-12-18(13-7-15)32(25,27)28/h2-13H,14H2,1H3,(H2,25,27,28). The van der Waals surface area contributed by atoms with E-state index in [0.717, 1.165) is 5.75 Å². The number of primary sulfonamides is 1. The largest absolute Gasteiger partial charge is 0.497 e. The number of nitrogens with two attached hydrogens (primary N) is 1. The van der Waals surface area contributed by atoms with Crippen LogP contribution in [0.5, 0.6) is 11.5 Å². The third-order valence-electron chi connectivity index (χ3n) is 4.67. The molecule has 0 aliphatic rings. The zero-order chi connectivity index (χ0) is 22.7. The quantitative estimate of drug-likeness (QED) is 0.417. The van der Waals surface area contributed by atoms with E-state index >= 15 is 0 Å². The van der Waals surface area contributed by atoms with Gasteiger partial charge in [-0.3, -0.25) is 0 Å². The Morgan fingerprint density at radius 2 is 1.62 bits per heavy atom. The summed E-state index contributed by atoms with van der Waals surface area (Å²) in [4.78, 5) is 5.32. The molecule has 3 aromatic carbocycles. The molecule has 0 atom stereocenters. The van der Waals surface area contributed by atoms with Crippen LogP contribution in [-0.2, 0) is 16.6 Å². The summed E-state index contributed by atoms with van der Waals surface area (Å²) in [5.41, 5.74) is 1.51. The van der Waals surface area contributed by atoms with Gasteiger partial charge in [0.15, 0.2) is 0 Å². The Labute approximate surface area is 189 Å². The minimum Gasteiger partial charge on any atom is -0.497 e. The Hall–Kier alpha value is -3.27. The highest BCUT2D eigenvalue weighted by Crippen LogP contribution is 2.38. The number of halogens is 1. The Bertz CT molecular complexity index is 1340. The van der Waals surface area contributed by atoms with Crippen molar-refractivity contribution < 1.29 is 22.3 Å². The number of sulfonamides is 1. The van der Waals surface area contributed by atoms with Crippen molar-refractivity contribution in [1.29, 1.82) is 0 Å². The van der Waals surface area contributed by atoms with Crippen LogP contribution in [-0.4, -0.2) is 20.5 Å². The van der Waals surface area contributed by atoms with Crippen LogP contribution in [0.3, 0.4) is 0 Å². The number of benzene rings is 3. The summed E-state index contributed by atoms with van der Waals surface area (Å²) in [7, 11) is -2.22. The van der Waals surface area contributed by atoms with Gasteiger partial charge in [-0.2, -0.15) is 0 Å². The van der Waals surface area contributed by atoms with Gasteiger partial charge in [0.25, 0.3) is 0 Å². The zero-order valence-electron chi connectivity index (χ0n) is 17.0. The number of rotatable bonds is 7. The van der Waals surface area contributed by atoms with Gasteiger partial charge in [0, 0.05) is 5.56 Å². The second kappa shape index (κ2) is 9.07. The van der Waals surface area contributed by atoms with Gasteiger partial charge in [-0.15, -0.1) is 11.3 Å². The molecule has 0 radical (unpaired) electrons. The van der Waals surface area contributed by atoms with Crippen molar-refractivity contribution in [2.75, 3.05) is 7.11 Å². The first-order valence-electron chi connectivity index (χ1n) is 9.50. The molecule has 32 heavy (non-hydrogen) atoms. The molecule has 0 aliphatic carbocycles. The van der Waals surface area contributed by atoms with Gasteiger partial charge in [0.1, 0.15) is 28.9 Å². The molecule has 0 saturated carbocycles. The minimum absolute atomic E-state index is 0.00118. The number of hydrogen-bond donors (Lipinski definition) is 1. The number of ether oxygens (including phenoxy) is 2. The lowest BCUT2D eigenvalue weighted by Gasteiger charge is -2.05. The van der Waals surface area contributed by atoms with Gasteiger partial charge in [0.2, 0.25) is 10.0 Å². The number of nitrogens with zero attached hydrogens (tertiary/aromatic N) is 1. The van der Waals surface area contributed by atoms with Crippen LogP contribution >= 0.6 is 11.3 Å². The predicted molar refractivity (Wildman–Crippen MR) is 122 cm³/mol. The summed E-state index contributed by atoms with van der Waals surface area (Å²) in [5.74, 6) is 0.967. The molecule has 0 aliphatic heterocycles. The summed E-state index contributed by atoms with van der Waals surface area (Å²) in [5, 5.41) is 5.84. The maximum absolute atomic E-state index is 14.5. The van der Waals surface area contributed by atoms with Crippen molar-refractivity contribution in [1.82, 2.24) is 4.98 Å². The predicted octanol–water partition coefficient (Wildman–Crippen LogP) is 4.85. The molecule has 0 unspecified atom stereocenters. The van der Waals surface area contributed by atoms with Crippen LogP contribution < -0.4 is 14.6 Å². The first-order valence-corrected chi connectivity index (χ1v) is 11.9. The molecule has 0 amide bonds. The van der Waals surface area contributed by atoms with E-state index in [1.165, 1.54) is 29.5 Å². The van der Waals surface area contributed by atoms with Crippen LogP contribution in [0.2, 0.25) is 0 Å². The third kappa shape index (κ3) is 4.80. The average molecular weight is 471 g/mol. The number of hydrogen-bond acceptors (Lipinski definition) is 6. The van der Waals surface area contributed by atoms with Gasteiger partial charge in [-0.25, -0.2) is 22.9 Å². The number of aromatic nitrogens is 1. The molecule has 2 N–H and O–H groups in total.